The molecule has 5 nitrogen and oxygen atoms in total. The van der Waals surface area contributed by atoms with Crippen LogP contribution >= 0.6 is 23.4 Å². The minimum Gasteiger partial charge on any atom is -0.491 e. The lowest BCUT2D eigenvalue weighted by molar-refractivity contribution is -0.174. The molecule has 7 heteroatoms. The Morgan fingerprint density at radius 2 is 1.97 bits per heavy atom. The summed E-state index contributed by atoms with van der Waals surface area (Å²) in [5.41, 5.74) is 3.78. The summed E-state index contributed by atoms with van der Waals surface area (Å²) in [6, 6.07) is 10.3. The van der Waals surface area contributed by atoms with Crippen molar-refractivity contribution in [3.63, 3.8) is 0 Å². The van der Waals surface area contributed by atoms with Crippen molar-refractivity contribution in [1.82, 2.24) is 0 Å². The van der Waals surface area contributed by atoms with E-state index in [9.17, 15) is 15.3 Å². The molecule has 2 aliphatic heterocycles. The van der Waals surface area contributed by atoms with Crippen molar-refractivity contribution in [2.24, 2.45) is 0 Å². The maximum absolute atomic E-state index is 10.7. The third-order valence-corrected chi connectivity index (χ3v) is 7.05. The minimum absolute atomic E-state index is 0.0284. The van der Waals surface area contributed by atoms with Crippen LogP contribution in [0.3, 0.4) is 0 Å². The first-order valence-electron chi connectivity index (χ1n) is 10.2. The number of fused-ring (bicyclic) bond motifs is 1. The van der Waals surface area contributed by atoms with E-state index < -0.39 is 18.3 Å². The van der Waals surface area contributed by atoms with Crippen LogP contribution in [0.4, 0.5) is 0 Å². The third kappa shape index (κ3) is 4.35. The van der Waals surface area contributed by atoms with E-state index in [0.29, 0.717) is 43.1 Å². The first-order valence-corrected chi connectivity index (χ1v) is 11.8. The molecule has 0 radical (unpaired) electrons. The van der Waals surface area contributed by atoms with Gasteiger partial charge in [-0.05, 0) is 47.9 Å². The second kappa shape index (κ2) is 9.47. The number of aliphatic hydroxyl groups excluding tert-OH is 3. The molecule has 2 aliphatic rings. The van der Waals surface area contributed by atoms with Crippen LogP contribution in [0.1, 0.15) is 41.2 Å². The molecule has 0 spiro atoms. The van der Waals surface area contributed by atoms with Gasteiger partial charge in [0.1, 0.15) is 18.0 Å². The van der Waals surface area contributed by atoms with E-state index in [2.05, 4.69) is 24.3 Å². The Balaban J connectivity index is 1.70. The maximum atomic E-state index is 10.7. The molecule has 2 heterocycles. The Hall–Kier alpha value is -1.28. The summed E-state index contributed by atoms with van der Waals surface area (Å²) in [5.74, 6) is 0.652. The van der Waals surface area contributed by atoms with Crippen molar-refractivity contribution < 1.29 is 24.8 Å². The van der Waals surface area contributed by atoms with Gasteiger partial charge in [0.05, 0.1) is 23.8 Å². The number of aliphatic hydroxyl groups is 3. The van der Waals surface area contributed by atoms with Gasteiger partial charge in [-0.15, -0.1) is 11.8 Å². The molecular formula is C23H27ClO5S. The molecule has 30 heavy (non-hydrogen) atoms. The summed E-state index contributed by atoms with van der Waals surface area (Å²) < 4.78 is 12.0. The van der Waals surface area contributed by atoms with Crippen molar-refractivity contribution in [1.29, 1.82) is 0 Å². The number of benzene rings is 2. The van der Waals surface area contributed by atoms with Crippen molar-refractivity contribution in [3.8, 4) is 5.75 Å². The van der Waals surface area contributed by atoms with Crippen LogP contribution < -0.4 is 4.74 Å². The highest BCUT2D eigenvalue weighted by molar-refractivity contribution is 7.98. The quantitative estimate of drug-likeness (QED) is 0.584. The Morgan fingerprint density at radius 1 is 1.20 bits per heavy atom. The molecule has 0 aromatic heterocycles. The summed E-state index contributed by atoms with van der Waals surface area (Å²) >= 11 is 8.40. The summed E-state index contributed by atoms with van der Waals surface area (Å²) in [5, 5.41) is 31.0. The standard InChI is InChI=1S/C23H27ClO5S/c1-30-16-4-2-13(3-5-16)10-14-11-18(17-7-9-28-22(17)20(14)24)23-21(27)19(26)12-15(29-23)6-8-25/h2-5,11,15,19,21,23,25-27H,6-10,12H2,1H3. The number of halogens is 1. The van der Waals surface area contributed by atoms with Crippen LogP contribution in [0.15, 0.2) is 35.2 Å². The smallest absolute Gasteiger partial charge is 0.141 e. The Labute approximate surface area is 186 Å². The number of hydrogen-bond donors (Lipinski definition) is 3. The molecule has 2 aromatic rings. The van der Waals surface area contributed by atoms with Gasteiger partial charge in [-0.1, -0.05) is 29.8 Å². The molecule has 0 bridgehead atoms. The molecule has 4 rings (SSSR count). The lowest BCUT2D eigenvalue weighted by Crippen LogP contribution is -2.44. The van der Waals surface area contributed by atoms with Gasteiger partial charge < -0.3 is 24.8 Å². The molecule has 4 atom stereocenters. The van der Waals surface area contributed by atoms with Gasteiger partial charge in [0.25, 0.3) is 0 Å². The largest absolute Gasteiger partial charge is 0.491 e. The van der Waals surface area contributed by atoms with E-state index in [4.69, 9.17) is 21.1 Å². The van der Waals surface area contributed by atoms with Crippen LogP contribution in [0.25, 0.3) is 0 Å². The molecule has 0 aliphatic carbocycles. The van der Waals surface area contributed by atoms with E-state index >= 15 is 0 Å². The molecule has 3 N–H and O–H groups in total. The van der Waals surface area contributed by atoms with Crippen LogP contribution in [-0.2, 0) is 17.6 Å². The van der Waals surface area contributed by atoms with Crippen molar-refractivity contribution in [3.05, 3.63) is 57.6 Å². The first-order chi connectivity index (χ1) is 14.5. The number of hydrogen-bond acceptors (Lipinski definition) is 6. The Kier molecular flexibility index (Phi) is 6.92. The summed E-state index contributed by atoms with van der Waals surface area (Å²) in [6.07, 6.45) is 1.13. The summed E-state index contributed by atoms with van der Waals surface area (Å²) in [6.45, 7) is 0.499. The van der Waals surface area contributed by atoms with E-state index in [1.54, 1.807) is 11.8 Å². The van der Waals surface area contributed by atoms with Crippen molar-refractivity contribution >= 4 is 23.4 Å². The van der Waals surface area contributed by atoms with E-state index in [1.807, 2.05) is 12.3 Å². The molecule has 0 amide bonds. The van der Waals surface area contributed by atoms with Crippen LogP contribution in [0.5, 0.6) is 5.75 Å². The average Bonchev–Trinajstić information content (AvgIpc) is 3.24. The zero-order chi connectivity index (χ0) is 21.3. The number of rotatable bonds is 6. The summed E-state index contributed by atoms with van der Waals surface area (Å²) in [7, 11) is 0. The maximum Gasteiger partial charge on any atom is 0.141 e. The average molecular weight is 451 g/mol. The normalized spacial score (nSPS) is 25.8. The topological polar surface area (TPSA) is 79.2 Å². The fraction of sp³-hybridized carbons (Fsp3) is 0.478. The van der Waals surface area contributed by atoms with Gasteiger partial charge in [-0.25, -0.2) is 0 Å². The van der Waals surface area contributed by atoms with Crippen LogP contribution in [0.2, 0.25) is 5.02 Å². The lowest BCUT2D eigenvalue weighted by Gasteiger charge is -2.38. The van der Waals surface area contributed by atoms with Crippen LogP contribution in [-0.4, -0.2) is 53.1 Å². The lowest BCUT2D eigenvalue weighted by atomic mass is 9.87. The molecule has 2 aromatic carbocycles. The van der Waals surface area contributed by atoms with Gasteiger partial charge in [-0.2, -0.15) is 0 Å². The molecule has 1 fully saturated rings. The fourth-order valence-corrected chi connectivity index (χ4v) is 5.00. The zero-order valence-corrected chi connectivity index (χ0v) is 18.5. The van der Waals surface area contributed by atoms with E-state index in [0.717, 1.165) is 22.3 Å². The van der Waals surface area contributed by atoms with Gasteiger partial charge in [0, 0.05) is 29.9 Å². The third-order valence-electron chi connectivity index (χ3n) is 5.89. The second-order valence-electron chi connectivity index (χ2n) is 7.85. The van der Waals surface area contributed by atoms with Gasteiger partial charge in [-0.3, -0.25) is 0 Å². The molecule has 0 saturated carbocycles. The highest BCUT2D eigenvalue weighted by Crippen LogP contribution is 2.44. The van der Waals surface area contributed by atoms with E-state index in [1.165, 1.54) is 4.90 Å². The summed E-state index contributed by atoms with van der Waals surface area (Å²) in [4.78, 5) is 1.20. The molecule has 162 valence electrons. The predicted molar refractivity (Wildman–Crippen MR) is 118 cm³/mol. The van der Waals surface area contributed by atoms with Gasteiger partial charge in [0.15, 0.2) is 0 Å². The SMILES string of the molecule is CSc1ccc(Cc2cc(C3OC(CCO)CC(O)C3O)c3c(c2Cl)OCC3)cc1. The monoisotopic (exact) mass is 450 g/mol. The predicted octanol–water partition coefficient (Wildman–Crippen LogP) is 3.52. The number of thioether (sulfide) groups is 1. The fourth-order valence-electron chi connectivity index (χ4n) is 4.30. The van der Waals surface area contributed by atoms with Gasteiger partial charge in [0.2, 0.25) is 0 Å². The highest BCUT2D eigenvalue weighted by atomic mass is 35.5. The van der Waals surface area contributed by atoms with Gasteiger partial charge >= 0.3 is 0 Å². The first kappa shape index (κ1) is 21.9. The molecular weight excluding hydrogens is 424 g/mol. The van der Waals surface area contributed by atoms with E-state index in [-0.39, 0.29) is 12.7 Å². The van der Waals surface area contributed by atoms with Crippen molar-refractivity contribution in [2.75, 3.05) is 19.5 Å². The molecule has 1 saturated heterocycles. The van der Waals surface area contributed by atoms with Crippen molar-refractivity contribution in [2.45, 2.75) is 55.0 Å². The zero-order valence-electron chi connectivity index (χ0n) is 16.9. The number of ether oxygens (including phenoxy) is 2. The highest BCUT2D eigenvalue weighted by Gasteiger charge is 2.40. The second-order valence-corrected chi connectivity index (χ2v) is 9.11. The molecule has 4 unspecified atom stereocenters. The Morgan fingerprint density at radius 3 is 2.67 bits per heavy atom. The minimum atomic E-state index is -1.04. The Bertz CT molecular complexity index is 888. The van der Waals surface area contributed by atoms with Crippen LogP contribution in [0, 0.1) is 0 Å².